The number of thioether (sulfide) groups is 1. The lowest BCUT2D eigenvalue weighted by atomic mass is 10.3. The summed E-state index contributed by atoms with van der Waals surface area (Å²) in [5.74, 6) is 0.635. The summed E-state index contributed by atoms with van der Waals surface area (Å²) in [5.41, 5.74) is 5.38. The van der Waals surface area contributed by atoms with E-state index in [1.165, 1.54) is 11.8 Å². The maximum absolute atomic E-state index is 11.4. The topological polar surface area (TPSA) is 68.0 Å². The Morgan fingerprint density at radius 1 is 0.962 bits per heavy atom. The summed E-state index contributed by atoms with van der Waals surface area (Å²) < 4.78 is 16.8. The summed E-state index contributed by atoms with van der Waals surface area (Å²) in [7, 11) is -0.933. The van der Waals surface area contributed by atoms with Gasteiger partial charge in [-0.2, -0.15) is 0 Å². The second-order valence-corrected chi connectivity index (χ2v) is 10.1. The molecule has 0 aromatic carbocycles. The molecule has 8 heteroatoms. The zero-order valence-electron chi connectivity index (χ0n) is 17.9. The van der Waals surface area contributed by atoms with Gasteiger partial charge in [0.05, 0.1) is 6.61 Å². The molecular formula is C18H40N3O3PS. The predicted octanol–water partition coefficient (Wildman–Crippen LogP) is 4.05. The highest BCUT2D eigenvalue weighted by atomic mass is 32.2. The third kappa shape index (κ3) is 9.98. The second-order valence-electron chi connectivity index (χ2n) is 7.30. The molecule has 0 bridgehead atoms. The van der Waals surface area contributed by atoms with E-state index in [2.05, 4.69) is 64.7 Å². The molecule has 0 aromatic heterocycles. The van der Waals surface area contributed by atoms with Gasteiger partial charge in [0.1, 0.15) is 0 Å². The Kier molecular flexibility index (Phi) is 14.4. The van der Waals surface area contributed by atoms with Crippen molar-refractivity contribution in [1.29, 1.82) is 0 Å². The standard InChI is InChI=1S/C18H40N3O3PS/c1-14(2)20(15(3)4)25(21(16(5)6)17(7)8)24-13-23-11-12-26-18(22)9-10-19/h14-17H,9-13,19H2,1-8H3. The van der Waals surface area contributed by atoms with Gasteiger partial charge in [-0.05, 0) is 55.4 Å². The van der Waals surface area contributed by atoms with E-state index in [-0.39, 0.29) is 11.9 Å². The molecule has 0 aliphatic heterocycles. The van der Waals surface area contributed by atoms with Gasteiger partial charge in [0.2, 0.25) is 0 Å². The molecule has 0 heterocycles. The van der Waals surface area contributed by atoms with E-state index in [0.29, 0.717) is 49.5 Å². The molecule has 0 atom stereocenters. The van der Waals surface area contributed by atoms with E-state index in [0.717, 1.165) is 0 Å². The monoisotopic (exact) mass is 409 g/mol. The van der Waals surface area contributed by atoms with Gasteiger partial charge >= 0.3 is 0 Å². The van der Waals surface area contributed by atoms with Crippen LogP contribution in [0.2, 0.25) is 0 Å². The van der Waals surface area contributed by atoms with Gasteiger partial charge in [-0.1, -0.05) is 11.8 Å². The van der Waals surface area contributed by atoms with Crippen molar-refractivity contribution >= 4 is 25.3 Å². The molecule has 0 rings (SSSR count). The van der Waals surface area contributed by atoms with Crippen molar-refractivity contribution in [3.63, 3.8) is 0 Å². The van der Waals surface area contributed by atoms with Crippen LogP contribution in [0, 0.1) is 0 Å². The Morgan fingerprint density at radius 3 is 1.81 bits per heavy atom. The van der Waals surface area contributed by atoms with E-state index < -0.39 is 8.45 Å². The van der Waals surface area contributed by atoms with Crippen LogP contribution >= 0.6 is 20.2 Å². The van der Waals surface area contributed by atoms with Gasteiger partial charge < -0.3 is 15.0 Å². The molecule has 0 aliphatic rings. The lowest BCUT2D eigenvalue weighted by Gasteiger charge is -2.45. The van der Waals surface area contributed by atoms with Crippen LogP contribution in [-0.4, -0.2) is 64.3 Å². The largest absolute Gasteiger partial charge is 0.354 e. The molecule has 26 heavy (non-hydrogen) atoms. The Balaban J connectivity index is 4.75. The molecule has 0 spiro atoms. The van der Waals surface area contributed by atoms with Crippen LogP contribution in [0.4, 0.5) is 0 Å². The minimum atomic E-state index is -0.933. The quantitative estimate of drug-likeness (QED) is 0.264. The van der Waals surface area contributed by atoms with Crippen molar-refractivity contribution in [1.82, 2.24) is 9.34 Å². The first kappa shape index (κ1) is 26.2. The molecule has 0 saturated carbocycles. The zero-order valence-corrected chi connectivity index (χ0v) is 19.6. The lowest BCUT2D eigenvalue weighted by Crippen LogP contribution is -2.43. The summed E-state index contributed by atoms with van der Waals surface area (Å²) in [6.07, 6.45) is 0.419. The van der Waals surface area contributed by atoms with Crippen molar-refractivity contribution in [2.75, 3.05) is 25.7 Å². The minimum Gasteiger partial charge on any atom is -0.354 e. The Morgan fingerprint density at radius 2 is 1.42 bits per heavy atom. The van der Waals surface area contributed by atoms with Gasteiger partial charge in [-0.25, -0.2) is 9.34 Å². The Hall–Kier alpha value is 0.250. The average molecular weight is 410 g/mol. The van der Waals surface area contributed by atoms with E-state index in [1.807, 2.05) is 0 Å². The van der Waals surface area contributed by atoms with Crippen molar-refractivity contribution in [2.24, 2.45) is 5.73 Å². The third-order valence-electron chi connectivity index (χ3n) is 3.60. The number of hydrogen-bond donors (Lipinski definition) is 1. The molecule has 0 radical (unpaired) electrons. The van der Waals surface area contributed by atoms with Gasteiger partial charge in [-0.15, -0.1) is 0 Å². The molecule has 0 saturated heterocycles. The van der Waals surface area contributed by atoms with Crippen molar-refractivity contribution in [3.05, 3.63) is 0 Å². The highest BCUT2D eigenvalue weighted by Crippen LogP contribution is 2.50. The number of hydrogen-bond acceptors (Lipinski definition) is 7. The molecular weight excluding hydrogens is 369 g/mol. The lowest BCUT2D eigenvalue weighted by molar-refractivity contribution is -0.110. The van der Waals surface area contributed by atoms with Crippen LogP contribution in [0.25, 0.3) is 0 Å². The van der Waals surface area contributed by atoms with Crippen LogP contribution in [0.15, 0.2) is 0 Å². The predicted molar refractivity (Wildman–Crippen MR) is 114 cm³/mol. The molecule has 0 amide bonds. The number of carbonyl (C=O) groups is 1. The van der Waals surface area contributed by atoms with Crippen molar-refractivity contribution < 1.29 is 14.1 Å². The molecule has 0 unspecified atom stereocenters. The maximum atomic E-state index is 11.4. The molecule has 6 nitrogen and oxygen atoms in total. The summed E-state index contributed by atoms with van der Waals surface area (Å²) in [4.78, 5) is 11.4. The first-order valence-electron chi connectivity index (χ1n) is 9.56. The summed E-state index contributed by atoms with van der Waals surface area (Å²) in [6, 6.07) is 1.52. The van der Waals surface area contributed by atoms with E-state index in [1.54, 1.807) is 0 Å². The second kappa shape index (κ2) is 14.3. The van der Waals surface area contributed by atoms with E-state index in [9.17, 15) is 4.79 Å². The normalized spacial score (nSPS) is 12.8. The maximum Gasteiger partial charge on any atom is 0.191 e. The fourth-order valence-electron chi connectivity index (χ4n) is 2.78. The molecule has 2 N–H and O–H groups in total. The molecule has 0 aromatic rings. The fraction of sp³-hybridized carbons (Fsp3) is 0.944. The number of rotatable bonds is 14. The van der Waals surface area contributed by atoms with Gasteiger partial charge in [0.15, 0.2) is 20.4 Å². The molecule has 0 fully saturated rings. The van der Waals surface area contributed by atoms with Crippen LogP contribution in [-0.2, 0) is 14.1 Å². The first-order chi connectivity index (χ1) is 12.1. The number of ether oxygens (including phenoxy) is 1. The highest BCUT2D eigenvalue weighted by molar-refractivity contribution is 8.13. The van der Waals surface area contributed by atoms with Gasteiger partial charge in [0.25, 0.3) is 0 Å². The van der Waals surface area contributed by atoms with Crippen LogP contribution in [0.1, 0.15) is 61.8 Å². The SMILES string of the molecule is CC(C)N(C(C)C)P(OCOCCSC(=O)CCN)N(C(C)C)C(C)C. The van der Waals surface area contributed by atoms with E-state index in [4.69, 9.17) is 15.0 Å². The minimum absolute atomic E-state index is 0.121. The Labute approximate surface area is 166 Å². The van der Waals surface area contributed by atoms with Gasteiger partial charge in [-0.3, -0.25) is 4.79 Å². The summed E-state index contributed by atoms with van der Waals surface area (Å²) in [5, 5.41) is 0.121. The van der Waals surface area contributed by atoms with Gasteiger partial charge in [0, 0.05) is 42.9 Å². The van der Waals surface area contributed by atoms with Crippen molar-refractivity contribution in [3.8, 4) is 0 Å². The third-order valence-corrected chi connectivity index (χ3v) is 7.47. The average Bonchev–Trinajstić information content (AvgIpc) is 2.49. The molecule has 0 aliphatic carbocycles. The Bertz CT molecular complexity index is 349. The highest BCUT2D eigenvalue weighted by Gasteiger charge is 2.34. The summed E-state index contributed by atoms with van der Waals surface area (Å²) in [6.45, 7) is 18.8. The smallest absolute Gasteiger partial charge is 0.191 e. The zero-order chi connectivity index (χ0) is 20.3. The number of nitrogens with zero attached hydrogens (tertiary/aromatic N) is 2. The van der Waals surface area contributed by atoms with Crippen LogP contribution in [0.5, 0.6) is 0 Å². The van der Waals surface area contributed by atoms with Crippen molar-refractivity contribution in [2.45, 2.75) is 86.0 Å². The summed E-state index contributed by atoms with van der Waals surface area (Å²) >= 11 is 1.28. The number of nitrogens with two attached hydrogens (primary N) is 1. The van der Waals surface area contributed by atoms with Crippen LogP contribution in [0.3, 0.4) is 0 Å². The van der Waals surface area contributed by atoms with Crippen LogP contribution < -0.4 is 5.73 Å². The fourth-order valence-corrected chi connectivity index (χ4v) is 5.73. The number of carbonyl (C=O) groups excluding carboxylic acids is 1. The first-order valence-corrected chi connectivity index (χ1v) is 11.7. The van der Waals surface area contributed by atoms with E-state index >= 15 is 0 Å². The molecule has 156 valence electrons.